The molecule has 0 aromatic heterocycles. The van der Waals surface area contributed by atoms with Gasteiger partial charge in [0.15, 0.2) is 0 Å². The highest BCUT2D eigenvalue weighted by atomic mass is 35.5. The van der Waals surface area contributed by atoms with Crippen molar-refractivity contribution in [1.29, 1.82) is 0 Å². The Morgan fingerprint density at radius 3 is 2.75 bits per heavy atom. The molecule has 1 aromatic rings. The number of hydrogen-bond donors (Lipinski definition) is 0. The molecule has 0 saturated heterocycles. The van der Waals surface area contributed by atoms with Crippen LogP contribution in [-0.4, -0.2) is 0 Å². The molecule has 0 heterocycles. The summed E-state index contributed by atoms with van der Waals surface area (Å²) in [4.78, 5) is 0. The zero-order valence-electron chi connectivity index (χ0n) is 6.48. The van der Waals surface area contributed by atoms with Gasteiger partial charge in [0.05, 0.1) is 0 Å². The second kappa shape index (κ2) is 3.12. The Morgan fingerprint density at radius 1 is 1.08 bits per heavy atom. The molecule has 0 unspecified atom stereocenters. The summed E-state index contributed by atoms with van der Waals surface area (Å²) in [5.41, 5.74) is 2.39. The largest absolute Gasteiger partial charge is 0.0891 e. The SMILES string of the molecule is ClC1=Cc2cccc(Cl)c2CC1. The molecule has 1 aliphatic rings. The zero-order chi connectivity index (χ0) is 8.55. The average molecular weight is 199 g/mol. The predicted octanol–water partition coefficient (Wildman–Crippen LogP) is 3.87. The summed E-state index contributed by atoms with van der Waals surface area (Å²) in [5, 5.41) is 1.78. The molecule has 0 saturated carbocycles. The molecule has 0 spiro atoms. The Labute approximate surface area is 81.8 Å². The first-order valence-corrected chi connectivity index (χ1v) is 4.66. The third kappa shape index (κ3) is 1.37. The van der Waals surface area contributed by atoms with Gasteiger partial charge in [0, 0.05) is 10.1 Å². The molecule has 0 aliphatic heterocycles. The van der Waals surface area contributed by atoms with Crippen LogP contribution in [-0.2, 0) is 6.42 Å². The van der Waals surface area contributed by atoms with Gasteiger partial charge < -0.3 is 0 Å². The van der Waals surface area contributed by atoms with Crippen LogP contribution in [0.4, 0.5) is 0 Å². The number of fused-ring (bicyclic) bond motifs is 1. The summed E-state index contributed by atoms with van der Waals surface area (Å²) >= 11 is 11.9. The van der Waals surface area contributed by atoms with Gasteiger partial charge in [0.25, 0.3) is 0 Å². The minimum absolute atomic E-state index is 0.855. The van der Waals surface area contributed by atoms with E-state index >= 15 is 0 Å². The lowest BCUT2D eigenvalue weighted by Crippen LogP contribution is -1.96. The van der Waals surface area contributed by atoms with Crippen molar-refractivity contribution in [3.63, 3.8) is 0 Å². The molecular formula is C10H8Cl2. The van der Waals surface area contributed by atoms with Gasteiger partial charge in [-0.3, -0.25) is 0 Å². The molecule has 0 atom stereocenters. The van der Waals surface area contributed by atoms with Crippen LogP contribution in [0.1, 0.15) is 17.5 Å². The Morgan fingerprint density at radius 2 is 1.92 bits per heavy atom. The molecule has 0 amide bonds. The van der Waals surface area contributed by atoms with E-state index in [2.05, 4.69) is 0 Å². The first kappa shape index (κ1) is 8.15. The summed E-state index contributed by atoms with van der Waals surface area (Å²) < 4.78 is 0. The number of allylic oxidation sites excluding steroid dienone is 1. The Kier molecular flexibility index (Phi) is 2.12. The standard InChI is InChI=1S/C10H8Cl2/c11-8-4-5-9-7(6-8)2-1-3-10(9)12/h1-3,6H,4-5H2. The van der Waals surface area contributed by atoms with Gasteiger partial charge in [0.2, 0.25) is 0 Å². The number of hydrogen-bond acceptors (Lipinski definition) is 0. The summed E-state index contributed by atoms with van der Waals surface area (Å²) in [6.07, 6.45) is 3.87. The molecule has 1 aromatic carbocycles. The van der Waals surface area contributed by atoms with E-state index in [-0.39, 0.29) is 0 Å². The van der Waals surface area contributed by atoms with Gasteiger partial charge in [-0.05, 0) is 36.1 Å². The van der Waals surface area contributed by atoms with Gasteiger partial charge in [-0.15, -0.1) is 0 Å². The fraction of sp³-hybridized carbons (Fsp3) is 0.200. The molecule has 62 valence electrons. The maximum absolute atomic E-state index is 6.02. The quantitative estimate of drug-likeness (QED) is 0.594. The Hall–Kier alpha value is -0.460. The van der Waals surface area contributed by atoms with Crippen molar-refractivity contribution >= 4 is 29.3 Å². The molecule has 0 bridgehead atoms. The minimum Gasteiger partial charge on any atom is -0.0891 e. The van der Waals surface area contributed by atoms with Gasteiger partial charge in [-0.25, -0.2) is 0 Å². The molecule has 2 heteroatoms. The lowest BCUT2D eigenvalue weighted by atomic mass is 9.97. The highest BCUT2D eigenvalue weighted by molar-refractivity contribution is 6.33. The van der Waals surface area contributed by atoms with Crippen LogP contribution >= 0.6 is 23.2 Å². The lowest BCUT2D eigenvalue weighted by molar-refractivity contribution is 0.971. The van der Waals surface area contributed by atoms with Crippen LogP contribution < -0.4 is 0 Å². The van der Waals surface area contributed by atoms with Crippen molar-refractivity contribution in [2.24, 2.45) is 0 Å². The number of halogens is 2. The van der Waals surface area contributed by atoms with Crippen LogP contribution in [0.3, 0.4) is 0 Å². The second-order valence-electron chi connectivity index (χ2n) is 2.90. The maximum atomic E-state index is 6.02. The van der Waals surface area contributed by atoms with E-state index in [9.17, 15) is 0 Å². The van der Waals surface area contributed by atoms with E-state index in [4.69, 9.17) is 23.2 Å². The fourth-order valence-corrected chi connectivity index (χ4v) is 1.95. The molecule has 0 nitrogen and oxygen atoms in total. The van der Waals surface area contributed by atoms with E-state index in [0.29, 0.717) is 0 Å². The van der Waals surface area contributed by atoms with E-state index < -0.39 is 0 Å². The van der Waals surface area contributed by atoms with Crippen molar-refractivity contribution in [1.82, 2.24) is 0 Å². The number of rotatable bonds is 0. The summed E-state index contributed by atoms with van der Waals surface area (Å²) in [7, 11) is 0. The van der Waals surface area contributed by atoms with Gasteiger partial charge in [0.1, 0.15) is 0 Å². The van der Waals surface area contributed by atoms with Gasteiger partial charge in [-0.2, -0.15) is 0 Å². The van der Waals surface area contributed by atoms with E-state index in [1.807, 2.05) is 24.3 Å². The van der Waals surface area contributed by atoms with Crippen molar-refractivity contribution in [2.75, 3.05) is 0 Å². The molecule has 0 N–H and O–H groups in total. The lowest BCUT2D eigenvalue weighted by Gasteiger charge is -2.13. The summed E-state index contributed by atoms with van der Waals surface area (Å²) in [6, 6.07) is 5.92. The van der Waals surface area contributed by atoms with Crippen LogP contribution in [0.25, 0.3) is 6.08 Å². The zero-order valence-corrected chi connectivity index (χ0v) is 7.99. The maximum Gasteiger partial charge on any atom is 0.0444 e. The molecule has 0 radical (unpaired) electrons. The van der Waals surface area contributed by atoms with E-state index in [1.54, 1.807) is 0 Å². The number of benzene rings is 1. The molecule has 2 rings (SSSR count). The van der Waals surface area contributed by atoms with Crippen molar-refractivity contribution in [2.45, 2.75) is 12.8 Å². The van der Waals surface area contributed by atoms with Crippen LogP contribution in [0.15, 0.2) is 23.2 Å². The smallest absolute Gasteiger partial charge is 0.0444 e. The summed E-state index contributed by atoms with van der Waals surface area (Å²) in [5.74, 6) is 0. The predicted molar refractivity (Wildman–Crippen MR) is 53.6 cm³/mol. The Bertz CT molecular complexity index is 340. The minimum atomic E-state index is 0.855. The first-order chi connectivity index (χ1) is 5.77. The highest BCUT2D eigenvalue weighted by Crippen LogP contribution is 2.30. The van der Waals surface area contributed by atoms with Crippen LogP contribution in [0, 0.1) is 0 Å². The molecule has 1 aliphatic carbocycles. The van der Waals surface area contributed by atoms with Crippen molar-refractivity contribution in [3.05, 3.63) is 39.4 Å². The first-order valence-electron chi connectivity index (χ1n) is 3.91. The van der Waals surface area contributed by atoms with Crippen LogP contribution in [0.5, 0.6) is 0 Å². The average Bonchev–Trinajstić information content (AvgIpc) is 2.04. The third-order valence-electron chi connectivity index (χ3n) is 2.08. The molecular weight excluding hydrogens is 191 g/mol. The Balaban J connectivity index is 2.57. The van der Waals surface area contributed by atoms with E-state index in [0.717, 1.165) is 22.9 Å². The summed E-state index contributed by atoms with van der Waals surface area (Å²) in [6.45, 7) is 0. The molecule has 12 heavy (non-hydrogen) atoms. The van der Waals surface area contributed by atoms with Crippen molar-refractivity contribution < 1.29 is 0 Å². The van der Waals surface area contributed by atoms with Gasteiger partial charge >= 0.3 is 0 Å². The highest BCUT2D eigenvalue weighted by Gasteiger charge is 2.10. The van der Waals surface area contributed by atoms with E-state index in [1.165, 1.54) is 11.1 Å². The molecule has 0 fully saturated rings. The van der Waals surface area contributed by atoms with Crippen LogP contribution in [0.2, 0.25) is 5.02 Å². The second-order valence-corrected chi connectivity index (χ2v) is 3.79. The monoisotopic (exact) mass is 198 g/mol. The third-order valence-corrected chi connectivity index (χ3v) is 2.73. The fourth-order valence-electron chi connectivity index (χ4n) is 1.46. The van der Waals surface area contributed by atoms with Crippen molar-refractivity contribution in [3.8, 4) is 0 Å². The topological polar surface area (TPSA) is 0 Å². The van der Waals surface area contributed by atoms with Gasteiger partial charge in [-0.1, -0.05) is 35.3 Å². The normalized spacial score (nSPS) is 15.3.